The van der Waals surface area contributed by atoms with Crippen LogP contribution in [0.25, 0.3) is 0 Å². The molecular formula is C20H21N3O2. The fourth-order valence-corrected chi connectivity index (χ4v) is 3.20. The fourth-order valence-electron chi connectivity index (χ4n) is 3.20. The number of nitrogens with one attached hydrogen (secondary N) is 1. The first kappa shape index (κ1) is 17.0. The van der Waals surface area contributed by atoms with Crippen LogP contribution in [0.4, 0.5) is 5.82 Å². The van der Waals surface area contributed by atoms with Gasteiger partial charge in [-0.25, -0.2) is 4.99 Å². The minimum atomic E-state index is -0.0994. The number of aromatic amines is 1. The van der Waals surface area contributed by atoms with Crippen LogP contribution in [0.3, 0.4) is 0 Å². The predicted octanol–water partition coefficient (Wildman–Crippen LogP) is 4.19. The highest BCUT2D eigenvalue weighted by Gasteiger charge is 2.35. The number of benzene rings is 1. The normalized spacial score (nSPS) is 15.8. The Morgan fingerprint density at radius 3 is 2.68 bits per heavy atom. The second-order valence-electron chi connectivity index (χ2n) is 7.02. The molecule has 25 heavy (non-hydrogen) atoms. The molecule has 1 N–H and O–H groups in total. The molecule has 3 rings (SSSR count). The number of aromatic nitrogens is 1. The standard InChI is InChI=1S/C20H21N3O2/c1-4-25-14-7-5-13(6-8-14)12-22-19-15(11-21)18-16(23-19)9-20(2,3)10-17(18)24/h5-8,12,23H,4,9-10H2,1-3H3/b22-12+. The molecular weight excluding hydrogens is 314 g/mol. The van der Waals surface area contributed by atoms with Crippen molar-refractivity contribution in [2.45, 2.75) is 33.6 Å². The lowest BCUT2D eigenvalue weighted by molar-refractivity contribution is 0.0911. The van der Waals surface area contributed by atoms with E-state index in [9.17, 15) is 10.1 Å². The molecule has 0 aliphatic heterocycles. The van der Waals surface area contributed by atoms with Gasteiger partial charge in [0.15, 0.2) is 5.78 Å². The summed E-state index contributed by atoms with van der Waals surface area (Å²) in [5, 5.41) is 9.49. The Labute approximate surface area is 147 Å². The number of carbonyl (C=O) groups is 1. The van der Waals surface area contributed by atoms with E-state index in [0.29, 0.717) is 30.0 Å². The van der Waals surface area contributed by atoms with E-state index >= 15 is 0 Å². The summed E-state index contributed by atoms with van der Waals surface area (Å²) in [6.45, 7) is 6.68. The lowest BCUT2D eigenvalue weighted by Crippen LogP contribution is -2.26. The topological polar surface area (TPSA) is 78.2 Å². The summed E-state index contributed by atoms with van der Waals surface area (Å²) >= 11 is 0. The molecule has 1 aromatic carbocycles. The van der Waals surface area contributed by atoms with Crippen LogP contribution < -0.4 is 4.74 Å². The van der Waals surface area contributed by atoms with Gasteiger partial charge >= 0.3 is 0 Å². The summed E-state index contributed by atoms with van der Waals surface area (Å²) < 4.78 is 5.42. The first-order chi connectivity index (χ1) is 11.9. The molecule has 128 valence electrons. The van der Waals surface area contributed by atoms with Crippen molar-refractivity contribution in [2.24, 2.45) is 10.4 Å². The summed E-state index contributed by atoms with van der Waals surface area (Å²) in [5.41, 5.74) is 2.47. The lowest BCUT2D eigenvalue weighted by Gasteiger charge is -2.28. The predicted molar refractivity (Wildman–Crippen MR) is 96.8 cm³/mol. The quantitative estimate of drug-likeness (QED) is 0.851. The molecule has 5 heteroatoms. The lowest BCUT2D eigenvalue weighted by atomic mass is 9.75. The maximum atomic E-state index is 12.4. The van der Waals surface area contributed by atoms with Gasteiger partial charge in [0.2, 0.25) is 0 Å². The van der Waals surface area contributed by atoms with E-state index in [-0.39, 0.29) is 11.2 Å². The molecule has 0 bridgehead atoms. The maximum Gasteiger partial charge on any atom is 0.166 e. The number of fused-ring (bicyclic) bond motifs is 1. The summed E-state index contributed by atoms with van der Waals surface area (Å²) in [6.07, 6.45) is 2.87. The van der Waals surface area contributed by atoms with Crippen LogP contribution in [0, 0.1) is 16.7 Å². The zero-order chi connectivity index (χ0) is 18.0. The third-order valence-corrected chi connectivity index (χ3v) is 4.28. The number of carbonyl (C=O) groups excluding carboxylic acids is 1. The SMILES string of the molecule is CCOc1ccc(/C=N/c2[nH]c3c(c2C#N)C(=O)CC(C)(C)C3)cc1. The molecule has 2 aromatic rings. The smallest absolute Gasteiger partial charge is 0.166 e. The monoisotopic (exact) mass is 335 g/mol. The largest absolute Gasteiger partial charge is 0.494 e. The third-order valence-electron chi connectivity index (χ3n) is 4.28. The van der Waals surface area contributed by atoms with Gasteiger partial charge in [0, 0.05) is 18.3 Å². The number of ketones is 1. The van der Waals surface area contributed by atoms with E-state index in [4.69, 9.17) is 4.74 Å². The van der Waals surface area contributed by atoms with Crippen LogP contribution in [0.15, 0.2) is 29.3 Å². The number of hydrogen-bond acceptors (Lipinski definition) is 4. The van der Waals surface area contributed by atoms with Crippen molar-refractivity contribution >= 4 is 17.8 Å². The summed E-state index contributed by atoms with van der Waals surface area (Å²) in [5.74, 6) is 1.27. The van der Waals surface area contributed by atoms with E-state index in [2.05, 4.69) is 29.9 Å². The zero-order valence-corrected chi connectivity index (χ0v) is 14.7. The first-order valence-electron chi connectivity index (χ1n) is 8.38. The average molecular weight is 335 g/mol. The van der Waals surface area contributed by atoms with Gasteiger partial charge in [0.05, 0.1) is 12.2 Å². The number of ether oxygens (including phenoxy) is 1. The van der Waals surface area contributed by atoms with Gasteiger partial charge in [-0.1, -0.05) is 13.8 Å². The van der Waals surface area contributed by atoms with Crippen LogP contribution in [0.1, 0.15) is 54.4 Å². The Morgan fingerprint density at radius 2 is 2.04 bits per heavy atom. The highest BCUT2D eigenvalue weighted by molar-refractivity contribution is 6.02. The van der Waals surface area contributed by atoms with Gasteiger partial charge in [-0.05, 0) is 48.6 Å². The number of rotatable bonds is 4. The van der Waals surface area contributed by atoms with E-state index < -0.39 is 0 Å². The minimum Gasteiger partial charge on any atom is -0.494 e. The molecule has 0 saturated carbocycles. The van der Waals surface area contributed by atoms with E-state index in [0.717, 1.165) is 23.4 Å². The summed E-state index contributed by atoms with van der Waals surface area (Å²) in [7, 11) is 0. The van der Waals surface area contributed by atoms with Gasteiger partial charge in [-0.2, -0.15) is 5.26 Å². The molecule has 0 spiro atoms. The van der Waals surface area contributed by atoms with Crippen LogP contribution in [0.2, 0.25) is 0 Å². The molecule has 1 heterocycles. The van der Waals surface area contributed by atoms with E-state index in [1.807, 2.05) is 31.2 Å². The minimum absolute atomic E-state index is 0.0153. The molecule has 1 aliphatic carbocycles. The molecule has 0 amide bonds. The van der Waals surface area contributed by atoms with Crippen LogP contribution >= 0.6 is 0 Å². The van der Waals surface area contributed by atoms with Gasteiger partial charge in [-0.3, -0.25) is 4.79 Å². The van der Waals surface area contributed by atoms with Crippen molar-refractivity contribution in [1.29, 1.82) is 5.26 Å². The maximum absolute atomic E-state index is 12.4. The van der Waals surface area contributed by atoms with Crippen molar-refractivity contribution in [3.8, 4) is 11.8 Å². The van der Waals surface area contributed by atoms with E-state index in [1.165, 1.54) is 0 Å². The van der Waals surface area contributed by atoms with Gasteiger partial charge in [0.1, 0.15) is 23.2 Å². The van der Waals surface area contributed by atoms with Crippen molar-refractivity contribution in [3.05, 3.63) is 46.6 Å². The average Bonchev–Trinajstić information content (AvgIpc) is 2.90. The first-order valence-corrected chi connectivity index (χ1v) is 8.38. The van der Waals surface area contributed by atoms with Crippen molar-refractivity contribution in [3.63, 3.8) is 0 Å². The Bertz CT molecular complexity index is 868. The molecule has 0 atom stereocenters. The molecule has 0 unspecified atom stereocenters. The number of nitriles is 1. The Hall–Kier alpha value is -2.87. The fraction of sp³-hybridized carbons (Fsp3) is 0.350. The Morgan fingerprint density at radius 1 is 1.32 bits per heavy atom. The molecule has 1 aromatic heterocycles. The third kappa shape index (κ3) is 3.48. The number of nitrogens with zero attached hydrogens (tertiary/aromatic N) is 2. The second-order valence-corrected chi connectivity index (χ2v) is 7.02. The Kier molecular flexibility index (Phi) is 4.45. The van der Waals surface area contributed by atoms with Crippen molar-refractivity contribution in [1.82, 2.24) is 4.98 Å². The summed E-state index contributed by atoms with van der Waals surface area (Å²) in [6, 6.07) is 9.69. The highest BCUT2D eigenvalue weighted by atomic mass is 16.5. The van der Waals surface area contributed by atoms with E-state index in [1.54, 1.807) is 6.21 Å². The van der Waals surface area contributed by atoms with Gasteiger partial charge in [-0.15, -0.1) is 0 Å². The van der Waals surface area contributed by atoms with Crippen LogP contribution in [-0.2, 0) is 6.42 Å². The van der Waals surface area contributed by atoms with Crippen molar-refractivity contribution in [2.75, 3.05) is 6.61 Å². The molecule has 1 aliphatic rings. The highest BCUT2D eigenvalue weighted by Crippen LogP contribution is 2.38. The second kappa shape index (κ2) is 6.56. The molecule has 5 nitrogen and oxygen atoms in total. The zero-order valence-electron chi connectivity index (χ0n) is 14.7. The number of hydrogen-bond donors (Lipinski definition) is 1. The van der Waals surface area contributed by atoms with Crippen LogP contribution in [-0.4, -0.2) is 23.6 Å². The number of Topliss-reactive ketones (excluding diaryl/α,β-unsaturated/α-hetero) is 1. The Balaban J connectivity index is 1.91. The molecule has 0 saturated heterocycles. The van der Waals surface area contributed by atoms with Crippen molar-refractivity contribution < 1.29 is 9.53 Å². The van der Waals surface area contributed by atoms with Crippen LogP contribution in [0.5, 0.6) is 5.75 Å². The molecule has 0 fully saturated rings. The number of aliphatic imine (C=N–C) groups is 1. The number of H-pyrrole nitrogens is 1. The van der Waals surface area contributed by atoms with Gasteiger partial charge < -0.3 is 9.72 Å². The van der Waals surface area contributed by atoms with Gasteiger partial charge in [0.25, 0.3) is 0 Å². The summed E-state index contributed by atoms with van der Waals surface area (Å²) in [4.78, 5) is 20.0. The molecule has 0 radical (unpaired) electrons.